The number of nitrogens with zero attached hydrogens (tertiary/aromatic N) is 3. The maximum atomic E-state index is 13.9. The van der Waals surface area contributed by atoms with E-state index in [-0.39, 0.29) is 11.1 Å². The van der Waals surface area contributed by atoms with Crippen molar-refractivity contribution >= 4 is 79.4 Å². The molecule has 0 aliphatic carbocycles. The molecule has 0 radical (unpaired) electrons. The van der Waals surface area contributed by atoms with Crippen LogP contribution in [-0.2, 0) is 42.9 Å². The lowest BCUT2D eigenvalue weighted by Gasteiger charge is -2.45. The number of H-pyrrole nitrogens is 1. The van der Waals surface area contributed by atoms with E-state index >= 15 is 0 Å². The Hall–Kier alpha value is -5.83. The third kappa shape index (κ3) is 4.96. The molecule has 5 atom stereocenters. The minimum atomic E-state index is -1.44. The number of hydrogen-bond donors (Lipinski definition) is 1. The lowest BCUT2D eigenvalue weighted by Crippen LogP contribution is -2.60. The second kappa shape index (κ2) is 11.7. The predicted molar refractivity (Wildman–Crippen MR) is 170 cm³/mol. The number of ether oxygens (including phenoxy) is 5. The topological polar surface area (TPSA) is 185 Å². The number of amides is 2. The van der Waals surface area contributed by atoms with Gasteiger partial charge in [-0.3, -0.25) is 33.7 Å². The van der Waals surface area contributed by atoms with Crippen molar-refractivity contribution in [1.82, 2.24) is 19.4 Å². The molecule has 1 N–H and O–H groups in total. The largest absolute Gasteiger partial charge is 0.463 e. The van der Waals surface area contributed by atoms with Crippen molar-refractivity contribution in [3.8, 4) is 0 Å². The van der Waals surface area contributed by atoms with E-state index in [0.29, 0.717) is 43.7 Å². The van der Waals surface area contributed by atoms with Crippen LogP contribution in [-0.4, -0.2) is 93.2 Å². The predicted octanol–water partition coefficient (Wildman–Crippen LogP) is 3.31. The van der Waals surface area contributed by atoms with E-state index in [9.17, 15) is 28.8 Å². The van der Waals surface area contributed by atoms with Gasteiger partial charge in [0.05, 0.1) is 27.7 Å². The molecule has 2 aromatic carbocycles. The first-order valence-electron chi connectivity index (χ1n) is 15.4. The van der Waals surface area contributed by atoms with Gasteiger partial charge in [-0.1, -0.05) is 18.2 Å². The fraction of sp³-hybridized carbons (Fsp3) is 0.324. The highest BCUT2D eigenvalue weighted by molar-refractivity contribution is 6.39. The Balaban J connectivity index is 1.61. The van der Waals surface area contributed by atoms with Crippen LogP contribution in [0.3, 0.4) is 0 Å². The molecule has 7 rings (SSSR count). The van der Waals surface area contributed by atoms with Crippen molar-refractivity contribution < 1.29 is 52.5 Å². The molecule has 1 fully saturated rings. The monoisotopic (exact) mass is 670 g/mol. The van der Waals surface area contributed by atoms with Crippen LogP contribution in [0.15, 0.2) is 42.6 Å². The molecule has 15 heteroatoms. The van der Waals surface area contributed by atoms with Gasteiger partial charge in [0.25, 0.3) is 11.8 Å². The summed E-state index contributed by atoms with van der Waals surface area (Å²) in [7, 11) is 1.41. The average molecular weight is 671 g/mol. The molecule has 0 bridgehead atoms. The Morgan fingerprint density at radius 2 is 1.41 bits per heavy atom. The molecule has 49 heavy (non-hydrogen) atoms. The van der Waals surface area contributed by atoms with Gasteiger partial charge in [-0.2, -0.15) is 0 Å². The minimum Gasteiger partial charge on any atom is -0.463 e. The number of benzene rings is 2. The first-order valence-corrected chi connectivity index (χ1v) is 15.4. The summed E-state index contributed by atoms with van der Waals surface area (Å²) in [5, 5.41) is 2.01. The molecular formula is C34H30N4O11. The number of aromatic nitrogens is 3. The lowest BCUT2D eigenvalue weighted by atomic mass is 9.96. The lowest BCUT2D eigenvalue weighted by molar-refractivity contribution is -0.267. The van der Waals surface area contributed by atoms with Crippen LogP contribution in [0.2, 0.25) is 0 Å². The quantitative estimate of drug-likeness (QED) is 0.158. The highest BCUT2D eigenvalue weighted by atomic mass is 16.7. The van der Waals surface area contributed by atoms with E-state index in [2.05, 4.69) is 9.97 Å². The molecule has 2 amide bonds. The van der Waals surface area contributed by atoms with Crippen LogP contribution in [0.25, 0.3) is 43.7 Å². The normalized spacial score (nSPS) is 22.1. The van der Waals surface area contributed by atoms with E-state index in [1.165, 1.54) is 14.0 Å². The molecule has 5 aromatic rings. The number of nitrogens with one attached hydrogen (secondary N) is 1. The number of aromatic amines is 1. The van der Waals surface area contributed by atoms with Gasteiger partial charge in [-0.25, -0.2) is 4.98 Å². The van der Waals surface area contributed by atoms with E-state index in [1.54, 1.807) is 47.2 Å². The molecular weight excluding hydrogens is 640 g/mol. The van der Waals surface area contributed by atoms with Gasteiger partial charge in [-0.15, -0.1) is 0 Å². The number of rotatable bonds is 6. The Bertz CT molecular complexity index is 2270. The summed E-state index contributed by atoms with van der Waals surface area (Å²) in [6.07, 6.45) is -5.23. The summed E-state index contributed by atoms with van der Waals surface area (Å²) in [6, 6.07) is 10.6. The number of fused-ring (bicyclic) bond motifs is 10. The summed E-state index contributed by atoms with van der Waals surface area (Å²) in [6.45, 7) is 4.21. The van der Waals surface area contributed by atoms with E-state index in [4.69, 9.17) is 23.7 Å². The van der Waals surface area contributed by atoms with Crippen molar-refractivity contribution in [2.75, 3.05) is 13.7 Å². The first kappa shape index (κ1) is 31.8. The summed E-state index contributed by atoms with van der Waals surface area (Å²) >= 11 is 0. The van der Waals surface area contributed by atoms with Crippen LogP contribution in [0.4, 0.5) is 0 Å². The third-order valence-electron chi connectivity index (χ3n) is 8.73. The fourth-order valence-corrected chi connectivity index (χ4v) is 7.00. The van der Waals surface area contributed by atoms with E-state index < -0.39 is 72.9 Å². The fourth-order valence-electron chi connectivity index (χ4n) is 7.00. The highest BCUT2D eigenvalue weighted by Crippen LogP contribution is 2.47. The van der Waals surface area contributed by atoms with Crippen molar-refractivity contribution in [2.24, 2.45) is 0 Å². The second-order valence-corrected chi connectivity index (χ2v) is 11.9. The molecule has 5 heterocycles. The molecule has 0 unspecified atom stereocenters. The van der Waals surface area contributed by atoms with Crippen molar-refractivity contribution in [2.45, 2.75) is 58.3 Å². The van der Waals surface area contributed by atoms with E-state index in [1.807, 2.05) is 0 Å². The molecule has 15 nitrogen and oxygen atoms in total. The summed E-state index contributed by atoms with van der Waals surface area (Å²) in [4.78, 5) is 86.0. The van der Waals surface area contributed by atoms with Crippen LogP contribution in [0.1, 0.15) is 54.6 Å². The number of carbonyl (C=O) groups is 6. The zero-order valence-electron chi connectivity index (χ0n) is 27.0. The van der Waals surface area contributed by atoms with Crippen LogP contribution in [0, 0.1) is 0 Å². The average Bonchev–Trinajstić information content (AvgIpc) is 3.66. The zero-order chi connectivity index (χ0) is 34.9. The summed E-state index contributed by atoms with van der Waals surface area (Å²) < 4.78 is 30.7. The van der Waals surface area contributed by atoms with Gasteiger partial charge >= 0.3 is 23.9 Å². The number of esters is 4. The van der Waals surface area contributed by atoms with Gasteiger partial charge in [0.2, 0.25) is 0 Å². The van der Waals surface area contributed by atoms with Gasteiger partial charge in [0, 0.05) is 62.5 Å². The molecule has 0 spiro atoms. The third-order valence-corrected chi connectivity index (χ3v) is 8.73. The maximum absolute atomic E-state index is 13.9. The summed E-state index contributed by atoms with van der Waals surface area (Å²) in [5.41, 5.74) is 2.14. The number of pyridine rings is 1. The molecule has 252 valence electrons. The number of carbonyl (C=O) groups excluding carboxylic acids is 6. The molecule has 2 aliphatic heterocycles. The molecule has 3 aromatic heterocycles. The van der Waals surface area contributed by atoms with Gasteiger partial charge in [0.1, 0.15) is 18.4 Å². The first-order chi connectivity index (χ1) is 23.4. The van der Waals surface area contributed by atoms with Crippen LogP contribution in [0.5, 0.6) is 0 Å². The second-order valence-electron chi connectivity index (χ2n) is 11.9. The smallest absolute Gasteiger partial charge is 0.303 e. The molecule has 1 saturated heterocycles. The van der Waals surface area contributed by atoms with Gasteiger partial charge in [-0.05, 0) is 18.2 Å². The highest BCUT2D eigenvalue weighted by Gasteiger charge is 2.54. The van der Waals surface area contributed by atoms with Crippen molar-refractivity contribution in [3.05, 3.63) is 53.7 Å². The molecule has 2 aliphatic rings. The van der Waals surface area contributed by atoms with E-state index in [0.717, 1.165) is 25.7 Å². The molecule has 0 saturated carbocycles. The number of para-hydroxylation sites is 1. The maximum Gasteiger partial charge on any atom is 0.303 e. The Morgan fingerprint density at radius 1 is 0.796 bits per heavy atom. The standard InChI is InChI=1S/C34H30N4O11/c1-14(39)45-13-21-28(46-15(2)40)29(47-16(3)41)30(48-17(4)42)34(49-21)38-20-11-7-6-9-18(20)23-25-24(32(43)37(5)33(25)44)22-19-10-8-12-35-31(19)36-26(22)27(23)38/h6-12,21,28-30,34H,13H2,1-5H3,(H,35,36)/t21-,28-,29+,30-,34-/m1/s1. The Morgan fingerprint density at radius 3 is 2.08 bits per heavy atom. The van der Waals surface area contributed by atoms with Crippen LogP contribution >= 0.6 is 0 Å². The number of hydrogen-bond acceptors (Lipinski definition) is 12. The minimum absolute atomic E-state index is 0.167. The van der Waals surface area contributed by atoms with Crippen molar-refractivity contribution in [1.29, 1.82) is 0 Å². The van der Waals surface area contributed by atoms with Gasteiger partial charge in [0.15, 0.2) is 24.5 Å². The van der Waals surface area contributed by atoms with Gasteiger partial charge < -0.3 is 33.2 Å². The zero-order valence-corrected chi connectivity index (χ0v) is 27.0. The number of imide groups is 1. The Kier molecular flexibility index (Phi) is 7.58. The Labute approximate surface area is 276 Å². The SMILES string of the molecule is CC(=O)OC[C@H]1O[C@@H](n2c3ccccc3c3c4c(c5c6cccnc6[nH]c5c32)C(=O)N(C)C4=O)[C@H](OC(C)=O)[C@@H](OC(C)=O)[C@@H]1OC(C)=O. The summed E-state index contributed by atoms with van der Waals surface area (Å²) in [5.74, 6) is -3.96. The van der Waals surface area contributed by atoms with Crippen LogP contribution < -0.4 is 0 Å². The van der Waals surface area contributed by atoms with Crippen molar-refractivity contribution in [3.63, 3.8) is 0 Å².